The standard InChI is InChI=1S/C7H14O5S/c1-5(13(8,9)10)6-4-11-7(2,3)12-6/h5-6H,4H2,1-3H3,(H,8,9,10). The molecule has 5 nitrogen and oxygen atoms in total. The fourth-order valence-corrected chi connectivity index (χ4v) is 1.66. The van der Waals surface area contributed by atoms with Gasteiger partial charge in [-0.25, -0.2) is 0 Å². The maximum absolute atomic E-state index is 10.7. The van der Waals surface area contributed by atoms with Gasteiger partial charge in [-0.15, -0.1) is 0 Å². The quantitative estimate of drug-likeness (QED) is 0.668. The zero-order valence-electron chi connectivity index (χ0n) is 7.85. The average molecular weight is 210 g/mol. The van der Waals surface area contributed by atoms with Gasteiger partial charge < -0.3 is 9.47 Å². The van der Waals surface area contributed by atoms with Crippen LogP contribution in [-0.2, 0) is 19.6 Å². The van der Waals surface area contributed by atoms with Crippen molar-refractivity contribution in [1.29, 1.82) is 0 Å². The summed E-state index contributed by atoms with van der Waals surface area (Å²) < 4.78 is 40.7. The van der Waals surface area contributed by atoms with Gasteiger partial charge in [0.2, 0.25) is 0 Å². The predicted octanol–water partition coefficient (Wildman–Crippen LogP) is 0.414. The highest BCUT2D eigenvalue weighted by atomic mass is 32.2. The number of hydrogen-bond donors (Lipinski definition) is 1. The molecule has 1 saturated heterocycles. The van der Waals surface area contributed by atoms with Crippen LogP contribution in [0.3, 0.4) is 0 Å². The molecule has 0 spiro atoms. The molecule has 0 bridgehead atoms. The van der Waals surface area contributed by atoms with Gasteiger partial charge in [-0.1, -0.05) is 0 Å². The van der Waals surface area contributed by atoms with E-state index in [4.69, 9.17) is 14.0 Å². The molecule has 0 saturated carbocycles. The number of rotatable bonds is 2. The molecule has 1 fully saturated rings. The zero-order chi connectivity index (χ0) is 10.3. The molecule has 0 aromatic heterocycles. The molecule has 1 N–H and O–H groups in total. The fourth-order valence-electron chi connectivity index (χ4n) is 1.14. The Morgan fingerprint density at radius 3 is 2.38 bits per heavy atom. The van der Waals surface area contributed by atoms with Crippen molar-refractivity contribution in [2.45, 2.75) is 37.9 Å². The summed E-state index contributed by atoms with van der Waals surface area (Å²) in [5.74, 6) is -0.760. The molecule has 78 valence electrons. The van der Waals surface area contributed by atoms with Gasteiger partial charge >= 0.3 is 0 Å². The Morgan fingerprint density at radius 1 is 1.54 bits per heavy atom. The molecule has 1 aliphatic rings. The summed E-state index contributed by atoms with van der Waals surface area (Å²) in [4.78, 5) is 0. The van der Waals surface area contributed by atoms with E-state index in [1.165, 1.54) is 6.92 Å². The summed E-state index contributed by atoms with van der Waals surface area (Å²) >= 11 is 0. The van der Waals surface area contributed by atoms with Gasteiger partial charge in [0, 0.05) is 0 Å². The molecule has 1 heterocycles. The third-order valence-electron chi connectivity index (χ3n) is 2.02. The lowest BCUT2D eigenvalue weighted by atomic mass is 10.3. The lowest BCUT2D eigenvalue weighted by molar-refractivity contribution is -0.138. The monoisotopic (exact) mass is 210 g/mol. The van der Waals surface area contributed by atoms with Gasteiger partial charge in [0.05, 0.1) is 6.61 Å². The maximum atomic E-state index is 10.7. The van der Waals surface area contributed by atoms with Crippen molar-refractivity contribution in [2.24, 2.45) is 0 Å². The van der Waals surface area contributed by atoms with Crippen molar-refractivity contribution in [1.82, 2.24) is 0 Å². The van der Waals surface area contributed by atoms with E-state index in [9.17, 15) is 8.42 Å². The van der Waals surface area contributed by atoms with Crippen LogP contribution in [0.2, 0.25) is 0 Å². The Kier molecular flexibility index (Phi) is 2.68. The van der Waals surface area contributed by atoms with Crippen molar-refractivity contribution >= 4 is 10.1 Å². The molecule has 1 rings (SSSR count). The normalized spacial score (nSPS) is 30.3. The van der Waals surface area contributed by atoms with E-state index in [1.54, 1.807) is 13.8 Å². The van der Waals surface area contributed by atoms with Crippen molar-refractivity contribution in [3.8, 4) is 0 Å². The molecule has 2 unspecified atom stereocenters. The topological polar surface area (TPSA) is 72.8 Å². The van der Waals surface area contributed by atoms with Crippen LogP contribution in [0.1, 0.15) is 20.8 Å². The Morgan fingerprint density at radius 2 is 2.08 bits per heavy atom. The Bertz CT molecular complexity index is 281. The van der Waals surface area contributed by atoms with Crippen LogP contribution in [0.15, 0.2) is 0 Å². The smallest absolute Gasteiger partial charge is 0.270 e. The van der Waals surface area contributed by atoms with Gasteiger partial charge in [0.1, 0.15) is 11.4 Å². The minimum atomic E-state index is -4.04. The molecular weight excluding hydrogens is 196 g/mol. The molecule has 0 aliphatic carbocycles. The summed E-state index contributed by atoms with van der Waals surface area (Å²) in [5.41, 5.74) is 0. The summed E-state index contributed by atoms with van der Waals surface area (Å²) in [7, 11) is -4.04. The summed E-state index contributed by atoms with van der Waals surface area (Å²) in [6.07, 6.45) is -0.593. The minimum absolute atomic E-state index is 0.188. The van der Waals surface area contributed by atoms with Crippen molar-refractivity contribution in [3.63, 3.8) is 0 Å². The Labute approximate surface area is 77.8 Å². The molecule has 13 heavy (non-hydrogen) atoms. The van der Waals surface area contributed by atoms with E-state index in [0.29, 0.717) is 0 Å². The second-order valence-corrected chi connectivity index (χ2v) is 5.36. The lowest BCUT2D eigenvalue weighted by Crippen LogP contribution is -2.34. The van der Waals surface area contributed by atoms with E-state index < -0.39 is 27.3 Å². The van der Waals surface area contributed by atoms with E-state index in [0.717, 1.165) is 0 Å². The van der Waals surface area contributed by atoms with Gasteiger partial charge in [-0.3, -0.25) is 4.55 Å². The molecule has 6 heteroatoms. The van der Waals surface area contributed by atoms with Crippen LogP contribution < -0.4 is 0 Å². The van der Waals surface area contributed by atoms with Gasteiger partial charge in [0.25, 0.3) is 10.1 Å². The van der Waals surface area contributed by atoms with Crippen LogP contribution in [0, 0.1) is 0 Å². The first-order valence-electron chi connectivity index (χ1n) is 4.00. The second kappa shape index (κ2) is 3.20. The van der Waals surface area contributed by atoms with E-state index in [1.807, 2.05) is 0 Å². The number of ether oxygens (including phenoxy) is 2. The van der Waals surface area contributed by atoms with Crippen LogP contribution in [0.5, 0.6) is 0 Å². The van der Waals surface area contributed by atoms with Crippen molar-refractivity contribution in [3.05, 3.63) is 0 Å². The van der Waals surface area contributed by atoms with Gasteiger partial charge in [-0.2, -0.15) is 8.42 Å². The van der Waals surface area contributed by atoms with Crippen LogP contribution in [0.25, 0.3) is 0 Å². The first-order valence-corrected chi connectivity index (χ1v) is 5.51. The Balaban J connectivity index is 2.67. The lowest BCUT2D eigenvalue weighted by Gasteiger charge is -2.19. The van der Waals surface area contributed by atoms with E-state index >= 15 is 0 Å². The highest BCUT2D eigenvalue weighted by Crippen LogP contribution is 2.26. The summed E-state index contributed by atoms with van der Waals surface area (Å²) in [6.45, 7) is 4.98. The third kappa shape index (κ3) is 2.63. The predicted molar refractivity (Wildman–Crippen MR) is 45.9 cm³/mol. The first kappa shape index (κ1) is 10.9. The van der Waals surface area contributed by atoms with Crippen LogP contribution >= 0.6 is 0 Å². The molecular formula is C7H14O5S. The number of hydrogen-bond acceptors (Lipinski definition) is 4. The SMILES string of the molecule is CC(C1COC(C)(C)O1)S(=O)(=O)O. The summed E-state index contributed by atoms with van der Waals surface area (Å²) in [6, 6.07) is 0. The van der Waals surface area contributed by atoms with Gasteiger partial charge in [-0.05, 0) is 20.8 Å². The van der Waals surface area contributed by atoms with Crippen LogP contribution in [-0.4, -0.2) is 36.7 Å². The maximum Gasteiger partial charge on any atom is 0.270 e. The highest BCUT2D eigenvalue weighted by Gasteiger charge is 2.40. The summed E-state index contributed by atoms with van der Waals surface area (Å²) in [5, 5.41) is -0.950. The largest absolute Gasteiger partial charge is 0.348 e. The molecule has 1 aliphatic heterocycles. The van der Waals surface area contributed by atoms with Crippen molar-refractivity contribution in [2.75, 3.05) is 6.61 Å². The third-order valence-corrected chi connectivity index (χ3v) is 3.27. The molecule has 0 aromatic rings. The average Bonchev–Trinajstić information content (AvgIpc) is 2.26. The molecule has 2 atom stereocenters. The minimum Gasteiger partial charge on any atom is -0.348 e. The molecule has 0 radical (unpaired) electrons. The fraction of sp³-hybridized carbons (Fsp3) is 1.00. The van der Waals surface area contributed by atoms with E-state index in [2.05, 4.69) is 0 Å². The molecule has 0 amide bonds. The highest BCUT2D eigenvalue weighted by molar-refractivity contribution is 7.86. The Hall–Kier alpha value is -0.170. The zero-order valence-corrected chi connectivity index (χ0v) is 8.67. The second-order valence-electron chi connectivity index (χ2n) is 3.59. The van der Waals surface area contributed by atoms with Crippen LogP contribution in [0.4, 0.5) is 0 Å². The van der Waals surface area contributed by atoms with E-state index in [-0.39, 0.29) is 6.61 Å². The molecule has 0 aromatic carbocycles. The van der Waals surface area contributed by atoms with Gasteiger partial charge in [0.15, 0.2) is 5.79 Å². The van der Waals surface area contributed by atoms with Crippen molar-refractivity contribution < 1.29 is 22.4 Å². The first-order chi connectivity index (χ1) is 5.72.